The number of phenols is 1. The van der Waals surface area contributed by atoms with Crippen molar-refractivity contribution in [2.75, 3.05) is 0 Å². The van der Waals surface area contributed by atoms with E-state index in [2.05, 4.69) is 11.7 Å². The molecule has 0 bridgehead atoms. The Morgan fingerprint density at radius 2 is 1.53 bits per heavy atom. The third kappa shape index (κ3) is 5.58. The summed E-state index contributed by atoms with van der Waals surface area (Å²) in [5, 5.41) is 10.2. The zero-order chi connectivity index (χ0) is 23.3. The standard InChI is InChI=1S/C25H23F5O2/c1-2-3-4-15-5-9-17(10-6-15)23-21(31)14-19(26)18(24(23)28)11-7-16-8-12-22(20(27)13-16)32-25(29)30/h5-6,8-10,12-14,25,31H,2-4,7,11H2,1H3. The number of halogens is 5. The van der Waals surface area contributed by atoms with Gasteiger partial charge in [-0.05, 0) is 54.5 Å². The average molecular weight is 450 g/mol. The largest absolute Gasteiger partial charge is 0.507 e. The van der Waals surface area contributed by atoms with Crippen molar-refractivity contribution < 1.29 is 31.8 Å². The molecular weight excluding hydrogens is 427 g/mol. The van der Waals surface area contributed by atoms with Gasteiger partial charge < -0.3 is 9.84 Å². The molecule has 7 heteroatoms. The van der Waals surface area contributed by atoms with Crippen molar-refractivity contribution in [3.8, 4) is 22.6 Å². The molecule has 0 saturated heterocycles. The summed E-state index contributed by atoms with van der Waals surface area (Å²) in [6.45, 7) is -1.07. The highest BCUT2D eigenvalue weighted by Gasteiger charge is 2.20. The quantitative estimate of drug-likeness (QED) is 0.349. The van der Waals surface area contributed by atoms with Crippen LogP contribution in [0.4, 0.5) is 22.0 Å². The molecule has 1 N–H and O–H groups in total. The summed E-state index contributed by atoms with van der Waals surface area (Å²) in [6, 6.07) is 11.3. The fraction of sp³-hybridized carbons (Fsp3) is 0.280. The number of alkyl halides is 2. The number of phenolic OH excluding ortho intramolecular Hbond substituents is 1. The summed E-state index contributed by atoms with van der Waals surface area (Å²) in [7, 11) is 0. The molecule has 0 unspecified atom stereocenters. The molecule has 3 aromatic carbocycles. The molecule has 0 aliphatic rings. The topological polar surface area (TPSA) is 29.5 Å². The number of aromatic hydroxyl groups is 1. The maximum Gasteiger partial charge on any atom is 0.387 e. The van der Waals surface area contributed by atoms with Crippen LogP contribution in [0.1, 0.15) is 36.5 Å². The van der Waals surface area contributed by atoms with Gasteiger partial charge in [0.1, 0.15) is 17.4 Å². The second kappa shape index (κ2) is 10.5. The lowest BCUT2D eigenvalue weighted by atomic mass is 9.95. The minimum atomic E-state index is -3.16. The Balaban J connectivity index is 1.83. The Kier molecular flexibility index (Phi) is 7.72. The van der Waals surface area contributed by atoms with E-state index >= 15 is 4.39 Å². The lowest BCUT2D eigenvalue weighted by Crippen LogP contribution is -2.05. The first kappa shape index (κ1) is 23.6. The lowest BCUT2D eigenvalue weighted by Gasteiger charge is -2.13. The third-order valence-corrected chi connectivity index (χ3v) is 5.23. The Bertz CT molecular complexity index is 1060. The Morgan fingerprint density at radius 1 is 0.844 bits per heavy atom. The van der Waals surface area contributed by atoms with Gasteiger partial charge in [0, 0.05) is 11.6 Å². The van der Waals surface area contributed by atoms with E-state index in [9.17, 15) is 22.7 Å². The minimum absolute atomic E-state index is 0.0554. The molecule has 0 spiro atoms. The summed E-state index contributed by atoms with van der Waals surface area (Å²) in [5.41, 5.74) is 1.51. The predicted molar refractivity (Wildman–Crippen MR) is 113 cm³/mol. The molecule has 0 radical (unpaired) electrons. The number of rotatable bonds is 9. The fourth-order valence-electron chi connectivity index (χ4n) is 3.53. The van der Waals surface area contributed by atoms with Gasteiger partial charge in [0.15, 0.2) is 11.6 Å². The van der Waals surface area contributed by atoms with E-state index in [4.69, 9.17) is 0 Å². The summed E-state index contributed by atoms with van der Waals surface area (Å²) in [5.74, 6) is -3.90. The lowest BCUT2D eigenvalue weighted by molar-refractivity contribution is -0.0522. The van der Waals surface area contributed by atoms with E-state index in [-0.39, 0.29) is 24.0 Å². The van der Waals surface area contributed by atoms with Crippen LogP contribution < -0.4 is 4.74 Å². The number of ether oxygens (including phenoxy) is 1. The number of benzene rings is 3. The number of hydrogen-bond donors (Lipinski definition) is 1. The summed E-state index contributed by atoms with van der Waals surface area (Å²) in [4.78, 5) is 0. The zero-order valence-corrected chi connectivity index (χ0v) is 17.5. The van der Waals surface area contributed by atoms with Crippen LogP contribution in [0.25, 0.3) is 11.1 Å². The number of aryl methyl sites for hydroxylation is 2. The van der Waals surface area contributed by atoms with Gasteiger partial charge >= 0.3 is 6.61 Å². The molecule has 0 aliphatic carbocycles. The van der Waals surface area contributed by atoms with Gasteiger partial charge in [0.25, 0.3) is 0 Å². The van der Waals surface area contributed by atoms with Crippen LogP contribution in [0, 0.1) is 17.5 Å². The van der Waals surface area contributed by atoms with Crippen molar-refractivity contribution >= 4 is 0 Å². The first-order valence-corrected chi connectivity index (χ1v) is 10.3. The third-order valence-electron chi connectivity index (χ3n) is 5.23. The SMILES string of the molecule is CCCCc1ccc(-c2c(O)cc(F)c(CCc3ccc(OC(F)F)c(F)c3)c2F)cc1. The minimum Gasteiger partial charge on any atom is -0.507 e. The second-order valence-electron chi connectivity index (χ2n) is 7.49. The van der Waals surface area contributed by atoms with Crippen LogP contribution in [0.5, 0.6) is 11.5 Å². The average Bonchev–Trinajstić information content (AvgIpc) is 2.74. The van der Waals surface area contributed by atoms with Gasteiger partial charge in [-0.1, -0.05) is 43.7 Å². The van der Waals surface area contributed by atoms with Crippen LogP contribution in [0.3, 0.4) is 0 Å². The first-order chi connectivity index (χ1) is 15.3. The number of hydrogen-bond acceptors (Lipinski definition) is 2. The number of unbranched alkanes of at least 4 members (excludes halogenated alkanes) is 1. The van der Waals surface area contributed by atoms with E-state index in [1.54, 1.807) is 12.1 Å². The molecule has 170 valence electrons. The van der Waals surface area contributed by atoms with Crippen LogP contribution in [0.15, 0.2) is 48.5 Å². The van der Waals surface area contributed by atoms with E-state index in [0.29, 0.717) is 11.1 Å². The Hall–Kier alpha value is -3.09. The van der Waals surface area contributed by atoms with E-state index in [0.717, 1.165) is 43.0 Å². The normalized spacial score (nSPS) is 11.2. The molecule has 32 heavy (non-hydrogen) atoms. The van der Waals surface area contributed by atoms with Crippen LogP contribution in [0.2, 0.25) is 0 Å². The highest BCUT2D eigenvalue weighted by atomic mass is 19.3. The van der Waals surface area contributed by atoms with Crippen molar-refractivity contribution in [3.63, 3.8) is 0 Å². The van der Waals surface area contributed by atoms with Crippen molar-refractivity contribution in [1.82, 2.24) is 0 Å². The highest BCUT2D eigenvalue weighted by Crippen LogP contribution is 2.36. The highest BCUT2D eigenvalue weighted by molar-refractivity contribution is 5.72. The summed E-state index contributed by atoms with van der Waals surface area (Å²) in [6.07, 6.45) is 2.89. The monoisotopic (exact) mass is 450 g/mol. The van der Waals surface area contributed by atoms with Gasteiger partial charge in [-0.25, -0.2) is 13.2 Å². The molecule has 3 rings (SSSR count). The molecule has 2 nitrogen and oxygen atoms in total. The maximum atomic E-state index is 15.2. The second-order valence-corrected chi connectivity index (χ2v) is 7.49. The predicted octanol–water partition coefficient (Wildman–Crippen LogP) is 7.21. The van der Waals surface area contributed by atoms with Crippen molar-refractivity contribution in [2.24, 2.45) is 0 Å². The van der Waals surface area contributed by atoms with E-state index < -0.39 is 35.6 Å². The van der Waals surface area contributed by atoms with E-state index in [1.165, 1.54) is 6.07 Å². The molecule has 0 fully saturated rings. The fourth-order valence-corrected chi connectivity index (χ4v) is 3.53. The molecule has 0 amide bonds. The molecule has 3 aromatic rings. The van der Waals surface area contributed by atoms with Gasteiger partial charge in [-0.15, -0.1) is 0 Å². The smallest absolute Gasteiger partial charge is 0.387 e. The first-order valence-electron chi connectivity index (χ1n) is 10.3. The van der Waals surface area contributed by atoms with Crippen LogP contribution >= 0.6 is 0 Å². The molecule has 0 atom stereocenters. The van der Waals surface area contributed by atoms with Crippen molar-refractivity contribution in [3.05, 3.63) is 82.7 Å². The van der Waals surface area contributed by atoms with Crippen molar-refractivity contribution in [2.45, 2.75) is 45.6 Å². The summed E-state index contributed by atoms with van der Waals surface area (Å²) >= 11 is 0. The molecule has 0 aromatic heterocycles. The van der Waals surface area contributed by atoms with Gasteiger partial charge in [-0.3, -0.25) is 0 Å². The van der Waals surface area contributed by atoms with Crippen LogP contribution in [-0.4, -0.2) is 11.7 Å². The van der Waals surface area contributed by atoms with Crippen LogP contribution in [-0.2, 0) is 19.3 Å². The molecule has 0 aliphatic heterocycles. The van der Waals surface area contributed by atoms with Crippen molar-refractivity contribution in [1.29, 1.82) is 0 Å². The Labute approximate surface area is 183 Å². The summed E-state index contributed by atoms with van der Waals surface area (Å²) < 4.78 is 72.1. The molecule has 0 saturated carbocycles. The molecular formula is C25H23F5O2. The van der Waals surface area contributed by atoms with Gasteiger partial charge in [0.05, 0.1) is 5.56 Å². The van der Waals surface area contributed by atoms with E-state index in [1.807, 2.05) is 12.1 Å². The maximum absolute atomic E-state index is 15.2. The Morgan fingerprint density at radius 3 is 2.16 bits per heavy atom. The molecule has 0 heterocycles. The van der Waals surface area contributed by atoms with Gasteiger partial charge in [-0.2, -0.15) is 8.78 Å². The van der Waals surface area contributed by atoms with Gasteiger partial charge in [0.2, 0.25) is 0 Å². The zero-order valence-electron chi connectivity index (χ0n) is 17.5.